The van der Waals surface area contributed by atoms with Gasteiger partial charge in [0, 0.05) is 24.4 Å². The molecule has 2 aromatic heterocycles. The van der Waals surface area contributed by atoms with E-state index in [9.17, 15) is 0 Å². The van der Waals surface area contributed by atoms with E-state index < -0.39 is 0 Å². The Morgan fingerprint density at radius 3 is 2.70 bits per heavy atom. The van der Waals surface area contributed by atoms with E-state index in [1.807, 2.05) is 13.8 Å². The first-order valence-electron chi connectivity index (χ1n) is 7.54. The van der Waals surface area contributed by atoms with Gasteiger partial charge in [0.25, 0.3) is 0 Å². The Bertz CT molecular complexity index is 576. The summed E-state index contributed by atoms with van der Waals surface area (Å²) in [5.74, 6) is 3.57. The molecule has 0 amide bonds. The molecular weight excluding hydrogens is 252 g/mol. The lowest BCUT2D eigenvalue weighted by molar-refractivity contribution is 0.392. The molecule has 0 atom stereocenters. The molecule has 0 N–H and O–H groups in total. The van der Waals surface area contributed by atoms with Gasteiger partial charge in [-0.05, 0) is 33.1 Å². The Morgan fingerprint density at radius 1 is 1.30 bits per heavy atom. The first-order chi connectivity index (χ1) is 9.69. The van der Waals surface area contributed by atoms with Crippen molar-refractivity contribution in [3.8, 4) is 0 Å². The first kappa shape index (κ1) is 13.3. The third-order valence-corrected chi connectivity index (χ3v) is 3.95. The van der Waals surface area contributed by atoms with Gasteiger partial charge in [-0.1, -0.05) is 18.5 Å². The molecule has 3 rings (SSSR count). The fourth-order valence-corrected chi connectivity index (χ4v) is 2.44. The molecule has 0 radical (unpaired) electrons. The number of hydrogen-bond donors (Lipinski definition) is 0. The van der Waals surface area contributed by atoms with Crippen LogP contribution in [0.4, 0.5) is 0 Å². The van der Waals surface area contributed by atoms with Gasteiger partial charge in [-0.2, -0.15) is 5.10 Å². The van der Waals surface area contributed by atoms with Crippen LogP contribution in [0.5, 0.6) is 0 Å². The van der Waals surface area contributed by atoms with Crippen LogP contribution < -0.4 is 0 Å². The van der Waals surface area contributed by atoms with Crippen LogP contribution in [0.25, 0.3) is 0 Å². The number of aryl methyl sites for hydroxylation is 3. The molecule has 0 saturated heterocycles. The van der Waals surface area contributed by atoms with Gasteiger partial charge < -0.3 is 4.52 Å². The van der Waals surface area contributed by atoms with E-state index in [1.165, 1.54) is 19.3 Å². The molecule has 1 fully saturated rings. The van der Waals surface area contributed by atoms with Crippen LogP contribution in [-0.4, -0.2) is 19.9 Å². The number of nitrogens with zero attached hydrogens (tertiary/aromatic N) is 4. The lowest BCUT2D eigenvalue weighted by Gasteiger charge is -2.04. The van der Waals surface area contributed by atoms with Crippen LogP contribution in [0.2, 0.25) is 0 Å². The molecule has 108 valence electrons. The molecule has 1 saturated carbocycles. The monoisotopic (exact) mass is 274 g/mol. The summed E-state index contributed by atoms with van der Waals surface area (Å²) in [6, 6.07) is 0. The molecule has 0 aliphatic heterocycles. The van der Waals surface area contributed by atoms with Crippen molar-refractivity contribution >= 4 is 0 Å². The van der Waals surface area contributed by atoms with E-state index in [2.05, 4.69) is 16.8 Å². The predicted molar refractivity (Wildman–Crippen MR) is 75.7 cm³/mol. The van der Waals surface area contributed by atoms with Crippen molar-refractivity contribution < 1.29 is 4.52 Å². The Labute approximate surface area is 119 Å². The van der Waals surface area contributed by atoms with E-state index >= 15 is 0 Å². The minimum absolute atomic E-state index is 0.598. The average molecular weight is 274 g/mol. The summed E-state index contributed by atoms with van der Waals surface area (Å²) >= 11 is 0. The van der Waals surface area contributed by atoms with E-state index in [-0.39, 0.29) is 0 Å². The highest BCUT2D eigenvalue weighted by Gasteiger charge is 2.29. The third-order valence-electron chi connectivity index (χ3n) is 3.95. The minimum Gasteiger partial charge on any atom is -0.361 e. The Balaban J connectivity index is 1.86. The summed E-state index contributed by atoms with van der Waals surface area (Å²) in [5, 5.41) is 8.73. The Hall–Kier alpha value is -1.65. The molecule has 2 heterocycles. The average Bonchev–Trinajstić information content (AvgIpc) is 3.15. The van der Waals surface area contributed by atoms with Gasteiger partial charge in [0.2, 0.25) is 0 Å². The first-order valence-corrected chi connectivity index (χ1v) is 7.54. The molecule has 5 heteroatoms. The second-order valence-electron chi connectivity index (χ2n) is 5.72. The zero-order chi connectivity index (χ0) is 14.1. The van der Waals surface area contributed by atoms with Crippen molar-refractivity contribution in [2.24, 2.45) is 0 Å². The molecule has 0 unspecified atom stereocenters. The van der Waals surface area contributed by atoms with E-state index in [4.69, 9.17) is 14.6 Å². The van der Waals surface area contributed by atoms with E-state index in [0.29, 0.717) is 5.92 Å². The van der Waals surface area contributed by atoms with Gasteiger partial charge in [-0.15, -0.1) is 0 Å². The molecule has 5 nitrogen and oxygen atoms in total. The zero-order valence-electron chi connectivity index (χ0n) is 12.5. The molecule has 1 aliphatic rings. The molecule has 1 aliphatic carbocycles. The van der Waals surface area contributed by atoms with Gasteiger partial charge >= 0.3 is 0 Å². The van der Waals surface area contributed by atoms with Crippen LogP contribution in [-0.2, 0) is 13.0 Å². The summed E-state index contributed by atoms with van der Waals surface area (Å²) < 4.78 is 7.33. The Morgan fingerprint density at radius 2 is 2.10 bits per heavy atom. The highest BCUT2D eigenvalue weighted by Crippen LogP contribution is 2.38. The topological polar surface area (TPSA) is 56.7 Å². The number of hydrogen-bond acceptors (Lipinski definition) is 4. The highest BCUT2D eigenvalue weighted by molar-refractivity contribution is 5.25. The molecule has 0 bridgehead atoms. The van der Waals surface area contributed by atoms with Crippen molar-refractivity contribution in [2.45, 2.75) is 65.3 Å². The standard InChI is InChI=1S/C15H22N4O/c1-4-5-8-19-14(16-15(17-19)12-6-7-12)9-13-10(2)18-20-11(13)3/h12H,4-9H2,1-3H3. The van der Waals surface area contributed by atoms with Crippen molar-refractivity contribution in [3.05, 3.63) is 28.7 Å². The molecular formula is C15H22N4O. The van der Waals surface area contributed by atoms with Crippen molar-refractivity contribution in [2.75, 3.05) is 0 Å². The SMILES string of the molecule is CCCCn1nc(C2CC2)nc1Cc1c(C)noc1C. The number of unbranched alkanes of at least 4 members (excludes halogenated alkanes) is 1. The minimum atomic E-state index is 0.598. The molecule has 0 aromatic carbocycles. The zero-order valence-corrected chi connectivity index (χ0v) is 12.5. The van der Waals surface area contributed by atoms with Gasteiger partial charge in [-0.3, -0.25) is 0 Å². The van der Waals surface area contributed by atoms with Crippen LogP contribution in [0.1, 0.15) is 67.2 Å². The van der Waals surface area contributed by atoms with Crippen molar-refractivity contribution in [1.29, 1.82) is 0 Å². The van der Waals surface area contributed by atoms with Gasteiger partial charge in [0.15, 0.2) is 5.82 Å². The summed E-state index contributed by atoms with van der Waals surface area (Å²) in [6.07, 6.45) is 5.56. The second kappa shape index (κ2) is 5.38. The van der Waals surface area contributed by atoms with Gasteiger partial charge in [0.1, 0.15) is 11.6 Å². The summed E-state index contributed by atoms with van der Waals surface area (Å²) in [7, 11) is 0. The fourth-order valence-electron chi connectivity index (χ4n) is 2.44. The maximum absolute atomic E-state index is 5.25. The highest BCUT2D eigenvalue weighted by atomic mass is 16.5. The van der Waals surface area contributed by atoms with Crippen molar-refractivity contribution in [3.63, 3.8) is 0 Å². The maximum atomic E-state index is 5.25. The number of aromatic nitrogens is 4. The fraction of sp³-hybridized carbons (Fsp3) is 0.667. The summed E-state index contributed by atoms with van der Waals surface area (Å²) in [6.45, 7) is 7.10. The van der Waals surface area contributed by atoms with Crippen LogP contribution in [0.3, 0.4) is 0 Å². The number of rotatable bonds is 6. The van der Waals surface area contributed by atoms with Crippen LogP contribution in [0, 0.1) is 13.8 Å². The second-order valence-corrected chi connectivity index (χ2v) is 5.72. The van der Waals surface area contributed by atoms with Gasteiger partial charge in [0.05, 0.1) is 5.69 Å². The molecule has 2 aromatic rings. The van der Waals surface area contributed by atoms with Crippen LogP contribution in [0.15, 0.2) is 4.52 Å². The molecule has 20 heavy (non-hydrogen) atoms. The van der Waals surface area contributed by atoms with E-state index in [0.717, 1.165) is 48.1 Å². The van der Waals surface area contributed by atoms with E-state index in [1.54, 1.807) is 0 Å². The maximum Gasteiger partial charge on any atom is 0.154 e. The third kappa shape index (κ3) is 2.62. The predicted octanol–water partition coefficient (Wildman–Crippen LogP) is 3.15. The normalized spacial score (nSPS) is 14.9. The van der Waals surface area contributed by atoms with Gasteiger partial charge in [-0.25, -0.2) is 9.67 Å². The largest absolute Gasteiger partial charge is 0.361 e. The summed E-state index contributed by atoms with van der Waals surface area (Å²) in [4.78, 5) is 4.76. The Kier molecular flexibility index (Phi) is 3.59. The quantitative estimate of drug-likeness (QED) is 0.812. The lowest BCUT2D eigenvalue weighted by atomic mass is 10.1. The van der Waals surface area contributed by atoms with Crippen molar-refractivity contribution in [1.82, 2.24) is 19.9 Å². The summed E-state index contributed by atoms with van der Waals surface area (Å²) in [5.41, 5.74) is 2.11. The molecule has 0 spiro atoms. The van der Waals surface area contributed by atoms with Crippen LogP contribution >= 0.6 is 0 Å². The smallest absolute Gasteiger partial charge is 0.154 e. The lowest BCUT2D eigenvalue weighted by Crippen LogP contribution is -2.07.